The highest BCUT2D eigenvalue weighted by atomic mass is 32.2. The number of aryl methyl sites for hydroxylation is 2. The molecule has 0 radical (unpaired) electrons. The fraction of sp³-hybridized carbons (Fsp3) is 0.321. The molecule has 0 atom stereocenters. The van der Waals surface area contributed by atoms with Crippen LogP contribution in [0.5, 0.6) is 0 Å². The number of aromatic nitrogens is 1. The Morgan fingerprint density at radius 1 is 1.06 bits per heavy atom. The number of thioether (sulfide) groups is 1. The lowest BCUT2D eigenvalue weighted by molar-refractivity contribution is -0.122. The summed E-state index contributed by atoms with van der Waals surface area (Å²) in [6, 6.07) is 18.9. The third-order valence-electron chi connectivity index (χ3n) is 6.48. The first-order valence-electron chi connectivity index (χ1n) is 12.0. The zero-order valence-electron chi connectivity index (χ0n) is 19.5. The quantitative estimate of drug-likeness (QED) is 0.298. The highest BCUT2D eigenvalue weighted by Crippen LogP contribution is 2.35. The third-order valence-corrected chi connectivity index (χ3v) is 7.86. The maximum atomic E-state index is 13.3. The van der Waals surface area contributed by atoms with E-state index in [-0.39, 0.29) is 5.91 Å². The van der Waals surface area contributed by atoms with E-state index in [9.17, 15) is 4.79 Å². The van der Waals surface area contributed by atoms with Gasteiger partial charge in [0.25, 0.3) is 5.91 Å². The van der Waals surface area contributed by atoms with E-state index in [1.807, 2.05) is 12.1 Å². The third kappa shape index (κ3) is 5.03. The number of fused-ring (bicyclic) bond motifs is 1. The van der Waals surface area contributed by atoms with Crippen molar-refractivity contribution in [3.05, 3.63) is 76.2 Å². The lowest BCUT2D eigenvalue weighted by Crippen LogP contribution is -2.31. The second-order valence-corrected chi connectivity index (χ2v) is 10.7. The van der Waals surface area contributed by atoms with E-state index >= 15 is 0 Å². The molecule has 4 nitrogen and oxygen atoms in total. The molecule has 0 saturated carbocycles. The standard InChI is InChI=1S/C28H29N3OS2/c1-20-12-13-24-22(17-20)18-23(26(29-24)30-14-6-3-7-15-30)19-25-27(32)31(28(33)34-25)16-8-11-21-9-4-2-5-10-21/h2,4-5,9-10,12-13,17-19H,3,6-8,11,14-16H2,1H3/b25-19-. The summed E-state index contributed by atoms with van der Waals surface area (Å²) in [5, 5.41) is 1.10. The van der Waals surface area contributed by atoms with Crippen molar-refractivity contribution in [3.8, 4) is 0 Å². The van der Waals surface area contributed by atoms with E-state index in [0.717, 1.165) is 48.2 Å². The number of carbonyl (C=O) groups is 1. The van der Waals surface area contributed by atoms with Crippen molar-refractivity contribution in [3.63, 3.8) is 0 Å². The topological polar surface area (TPSA) is 36.4 Å². The molecule has 6 heteroatoms. The van der Waals surface area contributed by atoms with Crippen LogP contribution in [0.4, 0.5) is 5.82 Å². The molecular formula is C28H29N3OS2. The lowest BCUT2D eigenvalue weighted by atomic mass is 10.1. The Morgan fingerprint density at radius 2 is 1.85 bits per heavy atom. The molecule has 2 fully saturated rings. The van der Waals surface area contributed by atoms with E-state index in [4.69, 9.17) is 17.2 Å². The maximum absolute atomic E-state index is 13.3. The van der Waals surface area contributed by atoms with Gasteiger partial charge in [-0.1, -0.05) is 65.9 Å². The van der Waals surface area contributed by atoms with Gasteiger partial charge in [0.05, 0.1) is 10.4 Å². The first-order valence-corrected chi connectivity index (χ1v) is 13.3. The molecule has 1 aromatic heterocycles. The summed E-state index contributed by atoms with van der Waals surface area (Å²) in [5.41, 5.74) is 4.49. The van der Waals surface area contributed by atoms with Crippen LogP contribution in [0.15, 0.2) is 59.5 Å². The van der Waals surface area contributed by atoms with E-state index in [2.05, 4.69) is 60.4 Å². The Morgan fingerprint density at radius 3 is 2.65 bits per heavy atom. The zero-order chi connectivity index (χ0) is 23.5. The predicted octanol–water partition coefficient (Wildman–Crippen LogP) is 6.37. The lowest BCUT2D eigenvalue weighted by Gasteiger charge is -2.29. The summed E-state index contributed by atoms with van der Waals surface area (Å²) in [6.45, 7) is 4.75. The summed E-state index contributed by atoms with van der Waals surface area (Å²) in [7, 11) is 0. The van der Waals surface area contributed by atoms with Crippen LogP contribution >= 0.6 is 24.0 Å². The average molecular weight is 488 g/mol. The Kier molecular flexibility index (Phi) is 6.97. The number of thiocarbonyl (C=S) groups is 1. The van der Waals surface area contributed by atoms with Gasteiger partial charge in [-0.05, 0) is 68.9 Å². The average Bonchev–Trinajstić information content (AvgIpc) is 3.12. The van der Waals surface area contributed by atoms with Crippen LogP contribution in [-0.2, 0) is 11.2 Å². The highest BCUT2D eigenvalue weighted by molar-refractivity contribution is 8.26. The fourth-order valence-corrected chi connectivity index (χ4v) is 5.99. The normalized spacial score (nSPS) is 17.9. The number of anilines is 1. The van der Waals surface area contributed by atoms with Gasteiger partial charge in [0, 0.05) is 30.6 Å². The van der Waals surface area contributed by atoms with Crippen LogP contribution in [0, 0.1) is 6.92 Å². The molecule has 0 unspecified atom stereocenters. The van der Waals surface area contributed by atoms with Gasteiger partial charge < -0.3 is 4.90 Å². The van der Waals surface area contributed by atoms with Gasteiger partial charge in [0.15, 0.2) is 0 Å². The van der Waals surface area contributed by atoms with Gasteiger partial charge in [-0.25, -0.2) is 4.98 Å². The molecular weight excluding hydrogens is 458 g/mol. The Labute approximate surface area is 211 Å². The molecule has 3 heterocycles. The molecule has 2 aliphatic rings. The maximum Gasteiger partial charge on any atom is 0.266 e. The summed E-state index contributed by atoms with van der Waals surface area (Å²) >= 11 is 7.00. The van der Waals surface area contributed by atoms with Crippen molar-refractivity contribution in [1.82, 2.24) is 9.88 Å². The van der Waals surface area contributed by atoms with Crippen molar-refractivity contribution in [2.24, 2.45) is 0 Å². The molecule has 3 aromatic rings. The minimum Gasteiger partial charge on any atom is -0.356 e. The zero-order valence-corrected chi connectivity index (χ0v) is 21.1. The highest BCUT2D eigenvalue weighted by Gasteiger charge is 2.32. The summed E-state index contributed by atoms with van der Waals surface area (Å²) in [5.74, 6) is 0.988. The van der Waals surface area contributed by atoms with Gasteiger partial charge in [0.2, 0.25) is 0 Å². The van der Waals surface area contributed by atoms with Crippen LogP contribution in [0.25, 0.3) is 17.0 Å². The van der Waals surface area contributed by atoms with Gasteiger partial charge in [-0.15, -0.1) is 0 Å². The van der Waals surface area contributed by atoms with Crippen LogP contribution in [0.3, 0.4) is 0 Å². The summed E-state index contributed by atoms with van der Waals surface area (Å²) in [4.78, 5) is 23.1. The second kappa shape index (κ2) is 10.3. The number of amides is 1. The number of hydrogen-bond acceptors (Lipinski definition) is 5. The molecule has 0 bridgehead atoms. The molecule has 2 saturated heterocycles. The van der Waals surface area contributed by atoms with Crippen molar-refractivity contribution in [1.29, 1.82) is 0 Å². The van der Waals surface area contributed by atoms with Crippen molar-refractivity contribution < 1.29 is 4.79 Å². The smallest absolute Gasteiger partial charge is 0.266 e. The van der Waals surface area contributed by atoms with Gasteiger partial charge in [-0.3, -0.25) is 9.69 Å². The molecule has 1 amide bonds. The van der Waals surface area contributed by atoms with Crippen molar-refractivity contribution >= 4 is 57.0 Å². The molecule has 2 aliphatic heterocycles. The number of nitrogens with zero attached hydrogens (tertiary/aromatic N) is 3. The summed E-state index contributed by atoms with van der Waals surface area (Å²) in [6.07, 6.45) is 7.45. The van der Waals surface area contributed by atoms with Crippen molar-refractivity contribution in [2.45, 2.75) is 39.0 Å². The van der Waals surface area contributed by atoms with E-state index in [1.54, 1.807) is 4.90 Å². The monoisotopic (exact) mass is 487 g/mol. The number of hydrogen-bond donors (Lipinski definition) is 0. The Balaban J connectivity index is 1.41. The van der Waals surface area contributed by atoms with Crippen LogP contribution < -0.4 is 4.90 Å². The van der Waals surface area contributed by atoms with E-state index < -0.39 is 0 Å². The predicted molar refractivity (Wildman–Crippen MR) is 147 cm³/mol. The van der Waals surface area contributed by atoms with Crippen molar-refractivity contribution in [2.75, 3.05) is 24.5 Å². The first kappa shape index (κ1) is 23.1. The molecule has 34 heavy (non-hydrogen) atoms. The molecule has 0 N–H and O–H groups in total. The molecule has 0 spiro atoms. The van der Waals surface area contributed by atoms with Gasteiger partial charge in [0.1, 0.15) is 10.1 Å². The second-order valence-electron chi connectivity index (χ2n) is 9.07. The number of piperidine rings is 1. The minimum atomic E-state index is 0.0111. The van der Waals surface area contributed by atoms with Gasteiger partial charge in [-0.2, -0.15) is 0 Å². The van der Waals surface area contributed by atoms with Crippen LogP contribution in [-0.4, -0.2) is 39.7 Å². The Bertz CT molecular complexity index is 1250. The molecule has 5 rings (SSSR count). The number of benzene rings is 2. The Hall–Kier alpha value is -2.70. The summed E-state index contributed by atoms with van der Waals surface area (Å²) < 4.78 is 0.647. The number of pyridine rings is 1. The number of rotatable bonds is 6. The largest absolute Gasteiger partial charge is 0.356 e. The van der Waals surface area contributed by atoms with E-state index in [0.29, 0.717) is 15.8 Å². The van der Waals surface area contributed by atoms with Crippen LogP contribution in [0.2, 0.25) is 0 Å². The molecule has 2 aromatic carbocycles. The van der Waals surface area contributed by atoms with Crippen LogP contribution in [0.1, 0.15) is 42.4 Å². The SMILES string of the molecule is Cc1ccc2nc(N3CCCCC3)c(/C=C3\SC(=S)N(CCCc4ccccc4)C3=O)cc2c1. The first-order chi connectivity index (χ1) is 16.6. The molecule has 0 aliphatic carbocycles. The molecule has 174 valence electrons. The van der Waals surface area contributed by atoms with E-state index in [1.165, 1.54) is 42.2 Å². The van der Waals surface area contributed by atoms with Gasteiger partial charge >= 0.3 is 0 Å². The number of carbonyl (C=O) groups excluding carboxylic acids is 1. The minimum absolute atomic E-state index is 0.0111. The fourth-order valence-electron chi connectivity index (χ4n) is 4.69.